The second kappa shape index (κ2) is 3.73. The number of hydrogen-bond acceptors (Lipinski definition) is 2. The highest BCUT2D eigenvalue weighted by molar-refractivity contribution is 7.25. The van der Waals surface area contributed by atoms with Crippen molar-refractivity contribution < 1.29 is 9.42 Å². The number of hydrogen-bond donors (Lipinski definition) is 1. The smallest absolute Gasteiger partial charge is 0.212 e. The maximum atomic E-state index is 8.68. The van der Waals surface area contributed by atoms with Crippen LogP contribution < -0.4 is 4.52 Å². The third-order valence-corrected chi connectivity index (χ3v) is 2.22. The Balaban J connectivity index is 2.61. The fourth-order valence-electron chi connectivity index (χ4n) is 1.33. The molecule has 0 saturated carbocycles. The molecule has 2 aromatic carbocycles. The Morgan fingerprint density at radius 2 is 1.77 bits per heavy atom. The molecule has 2 rings (SSSR count). The lowest BCUT2D eigenvalue weighted by molar-refractivity contribution is 0.518. The van der Waals surface area contributed by atoms with Crippen molar-refractivity contribution in [1.82, 2.24) is 0 Å². The number of rotatable bonds is 2. The monoisotopic (exact) mass is 192 g/mol. The van der Waals surface area contributed by atoms with E-state index in [1.165, 1.54) is 0 Å². The highest BCUT2D eigenvalue weighted by Gasteiger charge is 1.99. The minimum Gasteiger partial charge on any atom is -0.449 e. The molecule has 0 aliphatic rings. The van der Waals surface area contributed by atoms with Crippen molar-refractivity contribution in [2.24, 2.45) is 0 Å². The van der Waals surface area contributed by atoms with Crippen LogP contribution >= 0.6 is 9.03 Å². The molecule has 2 nitrogen and oxygen atoms in total. The van der Waals surface area contributed by atoms with Gasteiger partial charge in [-0.15, -0.1) is 0 Å². The van der Waals surface area contributed by atoms with Gasteiger partial charge in [-0.3, -0.25) is 0 Å². The first-order valence-corrected chi connectivity index (χ1v) is 4.81. The van der Waals surface area contributed by atoms with E-state index in [1.807, 2.05) is 42.5 Å². The van der Waals surface area contributed by atoms with Crippen LogP contribution in [0, 0.1) is 0 Å². The van der Waals surface area contributed by atoms with Crippen LogP contribution in [0.3, 0.4) is 0 Å². The highest BCUT2D eigenvalue weighted by atomic mass is 31.1. The van der Waals surface area contributed by atoms with Crippen LogP contribution in [0.4, 0.5) is 0 Å². The van der Waals surface area contributed by atoms with Crippen LogP contribution in [0.25, 0.3) is 10.8 Å². The van der Waals surface area contributed by atoms with Gasteiger partial charge in [0.05, 0.1) is 0 Å². The maximum absolute atomic E-state index is 8.68. The van der Waals surface area contributed by atoms with E-state index in [9.17, 15) is 0 Å². The molecule has 0 aliphatic carbocycles. The molecule has 0 aliphatic heterocycles. The zero-order valence-electron chi connectivity index (χ0n) is 6.90. The summed E-state index contributed by atoms with van der Waals surface area (Å²) in [6.45, 7) is 0. The van der Waals surface area contributed by atoms with Crippen molar-refractivity contribution in [2.45, 2.75) is 0 Å². The van der Waals surface area contributed by atoms with Crippen molar-refractivity contribution in [2.75, 3.05) is 0 Å². The van der Waals surface area contributed by atoms with Crippen LogP contribution in [-0.4, -0.2) is 4.89 Å². The van der Waals surface area contributed by atoms with Gasteiger partial charge in [0, 0.05) is 5.39 Å². The van der Waals surface area contributed by atoms with Gasteiger partial charge in [-0.2, -0.15) is 0 Å². The Hall–Kier alpha value is -1.11. The lowest BCUT2D eigenvalue weighted by Crippen LogP contribution is -1.79. The van der Waals surface area contributed by atoms with E-state index in [-0.39, 0.29) is 0 Å². The van der Waals surface area contributed by atoms with Crippen molar-refractivity contribution in [3.8, 4) is 5.75 Å². The highest BCUT2D eigenvalue weighted by Crippen LogP contribution is 2.28. The molecule has 0 fully saturated rings. The molecule has 2 aromatic rings. The number of benzene rings is 2. The van der Waals surface area contributed by atoms with Gasteiger partial charge in [0.1, 0.15) is 5.75 Å². The fourth-order valence-corrected chi connectivity index (χ4v) is 1.61. The van der Waals surface area contributed by atoms with Crippen LogP contribution in [0.2, 0.25) is 0 Å². The number of fused-ring (bicyclic) bond motifs is 1. The summed E-state index contributed by atoms with van der Waals surface area (Å²) < 4.78 is 5.10. The van der Waals surface area contributed by atoms with Crippen molar-refractivity contribution in [1.29, 1.82) is 0 Å². The van der Waals surface area contributed by atoms with Gasteiger partial charge in [-0.1, -0.05) is 36.4 Å². The van der Waals surface area contributed by atoms with Gasteiger partial charge >= 0.3 is 0 Å². The van der Waals surface area contributed by atoms with E-state index in [0.29, 0.717) is 0 Å². The van der Waals surface area contributed by atoms with Crippen LogP contribution in [0.5, 0.6) is 5.75 Å². The van der Waals surface area contributed by atoms with E-state index in [4.69, 9.17) is 9.42 Å². The average molecular weight is 192 g/mol. The Labute approximate surface area is 78.1 Å². The molecule has 66 valence electrons. The molecule has 13 heavy (non-hydrogen) atoms. The summed E-state index contributed by atoms with van der Waals surface area (Å²) in [5.74, 6) is 0.735. The molecule has 1 N–H and O–H groups in total. The lowest BCUT2D eigenvalue weighted by Gasteiger charge is -2.04. The van der Waals surface area contributed by atoms with Crippen LogP contribution in [-0.2, 0) is 0 Å². The Kier molecular flexibility index (Phi) is 2.44. The van der Waals surface area contributed by atoms with E-state index in [1.54, 1.807) is 0 Å². The van der Waals surface area contributed by atoms with Crippen LogP contribution in [0.1, 0.15) is 0 Å². The molecule has 0 saturated heterocycles. The molecular weight excluding hydrogens is 183 g/mol. The normalized spacial score (nSPS) is 11.2. The molecule has 0 radical (unpaired) electrons. The first kappa shape index (κ1) is 8.49. The van der Waals surface area contributed by atoms with E-state index < -0.39 is 9.03 Å². The molecule has 3 heteroatoms. The molecule has 0 amide bonds. The second-order valence-corrected chi connectivity index (χ2v) is 3.06. The zero-order valence-corrected chi connectivity index (χ0v) is 7.90. The minimum atomic E-state index is -0.501. The topological polar surface area (TPSA) is 29.5 Å². The van der Waals surface area contributed by atoms with Gasteiger partial charge in [-0.05, 0) is 11.5 Å². The first-order chi connectivity index (χ1) is 6.42. The predicted octanol–water partition coefficient (Wildman–Crippen LogP) is 2.72. The first-order valence-electron chi connectivity index (χ1n) is 3.95. The third kappa shape index (κ3) is 1.64. The third-order valence-electron chi connectivity index (χ3n) is 1.91. The Morgan fingerprint density at radius 3 is 2.62 bits per heavy atom. The van der Waals surface area contributed by atoms with Gasteiger partial charge in [0.2, 0.25) is 9.03 Å². The maximum Gasteiger partial charge on any atom is 0.212 e. The summed E-state index contributed by atoms with van der Waals surface area (Å²) in [6.07, 6.45) is 0. The lowest BCUT2D eigenvalue weighted by atomic mass is 10.1. The SMILES string of the molecule is OPOc1cccc2ccccc12. The largest absolute Gasteiger partial charge is 0.449 e. The van der Waals surface area contributed by atoms with Crippen molar-refractivity contribution >= 4 is 19.8 Å². The standard InChI is InChI=1S/C10H9O2P/c11-13-12-10-7-3-5-8-4-1-2-6-9(8)10/h1-7,11,13H. The summed E-state index contributed by atoms with van der Waals surface area (Å²) in [5, 5.41) is 2.16. The average Bonchev–Trinajstić information content (AvgIpc) is 2.19. The predicted molar refractivity (Wildman–Crippen MR) is 55.1 cm³/mol. The molecule has 1 unspecified atom stereocenters. The molecule has 0 aromatic heterocycles. The summed E-state index contributed by atoms with van der Waals surface area (Å²) in [7, 11) is -0.501. The van der Waals surface area contributed by atoms with E-state index in [0.717, 1.165) is 16.5 Å². The van der Waals surface area contributed by atoms with Gasteiger partial charge < -0.3 is 9.42 Å². The van der Waals surface area contributed by atoms with E-state index >= 15 is 0 Å². The summed E-state index contributed by atoms with van der Waals surface area (Å²) >= 11 is 0. The van der Waals surface area contributed by atoms with Crippen molar-refractivity contribution in [3.05, 3.63) is 42.5 Å². The molecule has 0 bridgehead atoms. The molecular formula is C10H9O2P. The van der Waals surface area contributed by atoms with Gasteiger partial charge in [0.15, 0.2) is 0 Å². The Bertz CT molecular complexity index is 409. The molecule has 0 heterocycles. The fraction of sp³-hybridized carbons (Fsp3) is 0. The van der Waals surface area contributed by atoms with E-state index in [2.05, 4.69) is 0 Å². The van der Waals surface area contributed by atoms with Crippen molar-refractivity contribution in [3.63, 3.8) is 0 Å². The summed E-state index contributed by atoms with van der Waals surface area (Å²) in [6, 6.07) is 13.7. The minimum absolute atomic E-state index is 0.501. The van der Waals surface area contributed by atoms with Crippen LogP contribution in [0.15, 0.2) is 42.5 Å². The Morgan fingerprint density at radius 1 is 1.00 bits per heavy atom. The quantitative estimate of drug-likeness (QED) is 0.741. The molecule has 1 atom stereocenters. The molecule has 0 spiro atoms. The summed E-state index contributed by atoms with van der Waals surface area (Å²) in [4.78, 5) is 8.68. The zero-order chi connectivity index (χ0) is 9.10. The summed E-state index contributed by atoms with van der Waals surface area (Å²) in [5.41, 5.74) is 0. The van der Waals surface area contributed by atoms with Gasteiger partial charge in [0.25, 0.3) is 0 Å². The van der Waals surface area contributed by atoms with Gasteiger partial charge in [-0.25, -0.2) is 0 Å². The second-order valence-electron chi connectivity index (χ2n) is 2.67.